The number of para-hydroxylation sites is 1. The van der Waals surface area contributed by atoms with Crippen molar-refractivity contribution < 1.29 is 28.6 Å². The van der Waals surface area contributed by atoms with E-state index >= 15 is 0 Å². The molecule has 204 valence electrons. The summed E-state index contributed by atoms with van der Waals surface area (Å²) in [6.45, 7) is 2.23. The van der Waals surface area contributed by atoms with E-state index < -0.39 is 17.7 Å². The number of hydrogen-bond acceptors (Lipinski definition) is 7. The van der Waals surface area contributed by atoms with E-state index in [-0.39, 0.29) is 23.1 Å². The zero-order valence-electron chi connectivity index (χ0n) is 21.1. The molecule has 0 saturated heterocycles. The molecule has 0 aromatic heterocycles. The Kier molecular flexibility index (Phi) is 11.0. The van der Waals surface area contributed by atoms with Crippen molar-refractivity contribution in [2.75, 3.05) is 31.0 Å². The molecular formula is C27H26Cl2N4O6. The normalized spacial score (nSPS) is 10.6. The highest BCUT2D eigenvalue weighted by Gasteiger charge is 2.15. The van der Waals surface area contributed by atoms with E-state index in [2.05, 4.69) is 21.2 Å². The molecule has 3 N–H and O–H groups in total. The van der Waals surface area contributed by atoms with Gasteiger partial charge in [0.25, 0.3) is 5.91 Å². The summed E-state index contributed by atoms with van der Waals surface area (Å²) in [7, 11) is 1.40. The second-order valence-corrected chi connectivity index (χ2v) is 8.69. The third kappa shape index (κ3) is 8.91. The van der Waals surface area contributed by atoms with Gasteiger partial charge in [-0.05, 0) is 60.5 Å². The number of benzene rings is 3. The number of rotatable bonds is 11. The number of nitrogens with one attached hydrogen (secondary N) is 3. The Morgan fingerprint density at radius 1 is 0.923 bits per heavy atom. The summed E-state index contributed by atoms with van der Waals surface area (Å²) < 4.78 is 16.4. The van der Waals surface area contributed by atoms with Gasteiger partial charge in [-0.25, -0.2) is 5.43 Å². The van der Waals surface area contributed by atoms with Crippen LogP contribution in [0, 0.1) is 0 Å². The third-order valence-corrected chi connectivity index (χ3v) is 5.53. The summed E-state index contributed by atoms with van der Waals surface area (Å²) in [5, 5.41) is 9.43. The number of nitrogens with zero attached hydrogens (tertiary/aromatic N) is 1. The summed E-state index contributed by atoms with van der Waals surface area (Å²) in [4.78, 5) is 36.5. The number of carbonyl (C=O) groups excluding carboxylic acids is 3. The standard InChI is InChI=1S/C27H26Cl2N4O6/c1-3-12-38-19-10-8-18(9-11-19)31-26(35)27(36)33-30-15-17-13-21(29)25(23(14-17)37-2)39-16-24(34)32-22-7-5-4-6-20(22)28/h4-11,13-15H,3,12,16H2,1-2H3,(H,31,35)(H,32,34)(H,33,36)/b30-15-. The number of carbonyl (C=O) groups is 3. The van der Waals surface area contributed by atoms with E-state index in [9.17, 15) is 14.4 Å². The van der Waals surface area contributed by atoms with Crippen LogP contribution in [-0.4, -0.2) is 44.3 Å². The highest BCUT2D eigenvalue weighted by atomic mass is 35.5. The smallest absolute Gasteiger partial charge is 0.329 e. The average molecular weight is 573 g/mol. The number of hydrogen-bond donors (Lipinski definition) is 3. The Hall–Kier alpha value is -4.28. The molecule has 3 rings (SSSR count). The largest absolute Gasteiger partial charge is 0.494 e. The van der Waals surface area contributed by atoms with Gasteiger partial charge in [0.15, 0.2) is 18.1 Å². The lowest BCUT2D eigenvalue weighted by Crippen LogP contribution is -2.32. The molecule has 0 heterocycles. The second kappa shape index (κ2) is 14.6. The number of amides is 3. The van der Waals surface area contributed by atoms with E-state index in [1.54, 1.807) is 48.5 Å². The Labute approximate surface area is 235 Å². The SMILES string of the molecule is CCCOc1ccc(NC(=O)C(=O)N/N=C\c2cc(Cl)c(OCC(=O)Nc3ccccc3Cl)c(OC)c2)cc1. The minimum absolute atomic E-state index is 0.136. The number of ether oxygens (including phenoxy) is 3. The third-order valence-electron chi connectivity index (χ3n) is 4.92. The van der Waals surface area contributed by atoms with Crippen LogP contribution in [-0.2, 0) is 14.4 Å². The van der Waals surface area contributed by atoms with Gasteiger partial charge in [-0.2, -0.15) is 5.10 Å². The van der Waals surface area contributed by atoms with Crippen LogP contribution >= 0.6 is 23.2 Å². The molecular weight excluding hydrogens is 547 g/mol. The van der Waals surface area contributed by atoms with Gasteiger partial charge in [-0.15, -0.1) is 0 Å². The van der Waals surface area contributed by atoms with Gasteiger partial charge >= 0.3 is 11.8 Å². The zero-order valence-corrected chi connectivity index (χ0v) is 22.6. The van der Waals surface area contributed by atoms with Crippen molar-refractivity contribution in [1.82, 2.24) is 5.43 Å². The predicted octanol–water partition coefficient (Wildman–Crippen LogP) is 4.90. The molecule has 0 fully saturated rings. The molecule has 0 radical (unpaired) electrons. The molecule has 12 heteroatoms. The zero-order chi connectivity index (χ0) is 28.2. The minimum Gasteiger partial charge on any atom is -0.494 e. The van der Waals surface area contributed by atoms with Gasteiger partial charge < -0.3 is 24.8 Å². The average Bonchev–Trinajstić information content (AvgIpc) is 2.93. The first-order valence-corrected chi connectivity index (χ1v) is 12.5. The van der Waals surface area contributed by atoms with Gasteiger partial charge in [0.2, 0.25) is 0 Å². The maximum absolute atomic E-state index is 12.3. The van der Waals surface area contributed by atoms with Crippen LogP contribution in [0.5, 0.6) is 17.2 Å². The molecule has 0 aliphatic carbocycles. The molecule has 0 bridgehead atoms. The van der Waals surface area contributed by atoms with Crippen molar-refractivity contribution in [3.05, 3.63) is 76.3 Å². The lowest BCUT2D eigenvalue weighted by atomic mass is 10.2. The van der Waals surface area contributed by atoms with Crippen molar-refractivity contribution >= 4 is 58.5 Å². The van der Waals surface area contributed by atoms with Crippen molar-refractivity contribution in [1.29, 1.82) is 0 Å². The summed E-state index contributed by atoms with van der Waals surface area (Å²) in [5.74, 6) is -1.29. The molecule has 3 aromatic rings. The maximum Gasteiger partial charge on any atom is 0.329 e. The minimum atomic E-state index is -0.972. The Balaban J connectivity index is 1.54. The molecule has 3 aromatic carbocycles. The van der Waals surface area contributed by atoms with Gasteiger partial charge in [0.1, 0.15) is 5.75 Å². The first-order chi connectivity index (χ1) is 18.8. The lowest BCUT2D eigenvalue weighted by molar-refractivity contribution is -0.136. The fourth-order valence-corrected chi connectivity index (χ4v) is 3.56. The van der Waals surface area contributed by atoms with Crippen LogP contribution in [0.3, 0.4) is 0 Å². The number of methoxy groups -OCH3 is 1. The number of hydrazone groups is 1. The van der Waals surface area contributed by atoms with Crippen LogP contribution < -0.4 is 30.3 Å². The van der Waals surface area contributed by atoms with E-state index in [1.165, 1.54) is 25.5 Å². The Bertz CT molecular complexity index is 1350. The number of anilines is 2. The van der Waals surface area contributed by atoms with Crippen LogP contribution in [0.2, 0.25) is 10.0 Å². The lowest BCUT2D eigenvalue weighted by Gasteiger charge is -2.13. The molecule has 0 saturated carbocycles. The van der Waals surface area contributed by atoms with Crippen molar-refractivity contribution in [2.24, 2.45) is 5.10 Å². The molecule has 0 atom stereocenters. The fourth-order valence-electron chi connectivity index (χ4n) is 3.10. The van der Waals surface area contributed by atoms with E-state index in [0.717, 1.165) is 6.42 Å². The molecule has 0 spiro atoms. The van der Waals surface area contributed by atoms with Gasteiger partial charge in [-0.3, -0.25) is 14.4 Å². The molecule has 3 amide bonds. The van der Waals surface area contributed by atoms with Gasteiger partial charge in [0.05, 0.1) is 35.7 Å². The first kappa shape index (κ1) is 29.3. The highest BCUT2D eigenvalue weighted by molar-refractivity contribution is 6.39. The first-order valence-electron chi connectivity index (χ1n) is 11.7. The molecule has 0 unspecified atom stereocenters. The van der Waals surface area contributed by atoms with Crippen LogP contribution in [0.15, 0.2) is 65.8 Å². The topological polar surface area (TPSA) is 127 Å². The monoisotopic (exact) mass is 572 g/mol. The predicted molar refractivity (Wildman–Crippen MR) is 150 cm³/mol. The molecule has 10 nitrogen and oxygen atoms in total. The highest BCUT2D eigenvalue weighted by Crippen LogP contribution is 2.36. The quantitative estimate of drug-likeness (QED) is 0.170. The maximum atomic E-state index is 12.3. The Morgan fingerprint density at radius 3 is 2.36 bits per heavy atom. The van der Waals surface area contributed by atoms with Crippen molar-refractivity contribution in [3.63, 3.8) is 0 Å². The van der Waals surface area contributed by atoms with E-state index in [4.69, 9.17) is 37.4 Å². The van der Waals surface area contributed by atoms with Gasteiger partial charge in [0, 0.05) is 5.69 Å². The van der Waals surface area contributed by atoms with Gasteiger partial charge in [-0.1, -0.05) is 42.3 Å². The summed E-state index contributed by atoms with van der Waals surface area (Å²) in [6, 6.07) is 16.4. The fraction of sp³-hybridized carbons (Fsp3) is 0.185. The van der Waals surface area contributed by atoms with Crippen molar-refractivity contribution in [3.8, 4) is 17.2 Å². The molecule has 0 aliphatic heterocycles. The van der Waals surface area contributed by atoms with Crippen LogP contribution in [0.4, 0.5) is 11.4 Å². The van der Waals surface area contributed by atoms with Crippen LogP contribution in [0.25, 0.3) is 0 Å². The second-order valence-electron chi connectivity index (χ2n) is 7.88. The Morgan fingerprint density at radius 2 is 1.67 bits per heavy atom. The summed E-state index contributed by atoms with van der Waals surface area (Å²) >= 11 is 12.4. The van der Waals surface area contributed by atoms with E-state index in [0.29, 0.717) is 34.3 Å². The van der Waals surface area contributed by atoms with E-state index in [1.807, 2.05) is 6.92 Å². The molecule has 39 heavy (non-hydrogen) atoms. The van der Waals surface area contributed by atoms with Crippen LogP contribution in [0.1, 0.15) is 18.9 Å². The summed E-state index contributed by atoms with van der Waals surface area (Å²) in [5.41, 5.74) is 3.46. The molecule has 0 aliphatic rings. The van der Waals surface area contributed by atoms with Crippen molar-refractivity contribution in [2.45, 2.75) is 13.3 Å². The summed E-state index contributed by atoms with van der Waals surface area (Å²) in [6.07, 6.45) is 2.15. The number of halogens is 2.